The second-order valence-electron chi connectivity index (χ2n) is 5.09. The minimum absolute atomic E-state index is 0.0526. The molecule has 0 aromatic rings. The van der Waals surface area contributed by atoms with Crippen LogP contribution in [0.25, 0.3) is 0 Å². The summed E-state index contributed by atoms with van der Waals surface area (Å²) in [6.07, 6.45) is 0.987. The van der Waals surface area contributed by atoms with E-state index in [9.17, 15) is 4.79 Å². The monoisotopic (exact) mass is 199 g/mol. The maximum atomic E-state index is 12.0. The van der Waals surface area contributed by atoms with Crippen LogP contribution < -0.4 is 0 Å². The van der Waals surface area contributed by atoms with Gasteiger partial charge in [-0.05, 0) is 25.7 Å². The first-order chi connectivity index (χ1) is 6.40. The maximum Gasteiger partial charge on any atom is 0.226 e. The summed E-state index contributed by atoms with van der Waals surface area (Å²) < 4.78 is 0. The third-order valence-electron chi connectivity index (χ3n) is 3.06. The third kappa shape index (κ3) is 2.27. The third-order valence-corrected chi connectivity index (χ3v) is 3.06. The molecule has 0 radical (unpaired) electrons. The van der Waals surface area contributed by atoms with Crippen molar-refractivity contribution >= 4 is 5.91 Å². The first-order valence-electron chi connectivity index (χ1n) is 5.31. The van der Waals surface area contributed by atoms with Gasteiger partial charge in [-0.25, -0.2) is 0 Å². The van der Waals surface area contributed by atoms with E-state index in [4.69, 9.17) is 5.11 Å². The summed E-state index contributed by atoms with van der Waals surface area (Å²) in [6.45, 7) is 8.73. The molecule has 0 bridgehead atoms. The van der Waals surface area contributed by atoms with E-state index in [1.165, 1.54) is 0 Å². The van der Waals surface area contributed by atoms with Crippen molar-refractivity contribution in [1.82, 2.24) is 4.90 Å². The summed E-state index contributed by atoms with van der Waals surface area (Å²) in [7, 11) is 0. The van der Waals surface area contributed by atoms with E-state index >= 15 is 0 Å². The Morgan fingerprint density at radius 2 is 2.07 bits per heavy atom. The number of carbonyl (C=O) groups excluding carboxylic acids is 1. The number of hydrogen-bond donors (Lipinski definition) is 1. The van der Waals surface area contributed by atoms with Gasteiger partial charge in [0.1, 0.15) is 0 Å². The first kappa shape index (κ1) is 11.5. The van der Waals surface area contributed by atoms with E-state index < -0.39 is 0 Å². The Kier molecular flexibility index (Phi) is 3.20. The Morgan fingerprint density at radius 3 is 2.36 bits per heavy atom. The van der Waals surface area contributed by atoms with Crippen LogP contribution in [0.4, 0.5) is 0 Å². The van der Waals surface area contributed by atoms with Crippen molar-refractivity contribution in [3.8, 4) is 0 Å². The highest BCUT2D eigenvalue weighted by Gasteiger charge is 2.52. The van der Waals surface area contributed by atoms with Gasteiger partial charge in [0.2, 0.25) is 5.91 Å². The van der Waals surface area contributed by atoms with Gasteiger partial charge in [0.05, 0.1) is 6.61 Å². The minimum Gasteiger partial charge on any atom is -0.395 e. The van der Waals surface area contributed by atoms with Crippen LogP contribution in [-0.2, 0) is 4.79 Å². The lowest BCUT2D eigenvalue weighted by atomic mass is 10.1. The van der Waals surface area contributed by atoms with Gasteiger partial charge in [0, 0.05) is 18.5 Å². The number of carbonyl (C=O) groups is 1. The van der Waals surface area contributed by atoms with Gasteiger partial charge < -0.3 is 10.0 Å². The molecule has 0 aliphatic heterocycles. The minimum atomic E-state index is 0.0526. The first-order valence-corrected chi connectivity index (χ1v) is 5.31. The lowest BCUT2D eigenvalue weighted by Crippen LogP contribution is -2.40. The predicted molar refractivity (Wildman–Crippen MR) is 55.8 cm³/mol. The highest BCUT2D eigenvalue weighted by atomic mass is 16.3. The van der Waals surface area contributed by atoms with Crippen LogP contribution in [0.15, 0.2) is 0 Å². The average molecular weight is 199 g/mol. The smallest absolute Gasteiger partial charge is 0.226 e. The molecule has 1 fully saturated rings. The van der Waals surface area contributed by atoms with Crippen molar-refractivity contribution in [2.75, 3.05) is 13.2 Å². The standard InChI is InChI=1S/C11H21NO2/c1-8(2)12(5-6-13)10(14)9-7-11(9,3)4/h8-9,13H,5-7H2,1-4H3. The molecule has 3 nitrogen and oxygen atoms in total. The largest absolute Gasteiger partial charge is 0.395 e. The van der Waals surface area contributed by atoms with Crippen LogP contribution in [0, 0.1) is 11.3 Å². The van der Waals surface area contributed by atoms with E-state index in [1.807, 2.05) is 13.8 Å². The molecule has 1 N–H and O–H groups in total. The predicted octanol–water partition coefficient (Wildman–Crippen LogP) is 1.26. The second-order valence-corrected chi connectivity index (χ2v) is 5.09. The lowest BCUT2D eigenvalue weighted by Gasteiger charge is -2.26. The van der Waals surface area contributed by atoms with Crippen molar-refractivity contribution < 1.29 is 9.90 Å². The SMILES string of the molecule is CC(C)N(CCO)C(=O)C1CC1(C)C. The quantitative estimate of drug-likeness (QED) is 0.740. The Balaban J connectivity index is 2.57. The van der Waals surface area contributed by atoms with Gasteiger partial charge in [0.15, 0.2) is 0 Å². The zero-order valence-electron chi connectivity index (χ0n) is 9.58. The molecular weight excluding hydrogens is 178 g/mol. The number of aliphatic hydroxyl groups excluding tert-OH is 1. The van der Waals surface area contributed by atoms with Gasteiger partial charge >= 0.3 is 0 Å². The molecule has 3 heteroatoms. The molecule has 0 saturated heterocycles. The lowest BCUT2D eigenvalue weighted by molar-refractivity contribution is -0.135. The van der Waals surface area contributed by atoms with Gasteiger partial charge in [-0.1, -0.05) is 13.8 Å². The number of nitrogens with zero attached hydrogens (tertiary/aromatic N) is 1. The van der Waals surface area contributed by atoms with Gasteiger partial charge in [-0.2, -0.15) is 0 Å². The van der Waals surface area contributed by atoms with Crippen molar-refractivity contribution in [3.63, 3.8) is 0 Å². The van der Waals surface area contributed by atoms with Crippen LogP contribution in [-0.4, -0.2) is 35.1 Å². The van der Waals surface area contributed by atoms with Crippen molar-refractivity contribution in [3.05, 3.63) is 0 Å². The Labute approximate surface area is 86.1 Å². The fraction of sp³-hybridized carbons (Fsp3) is 0.909. The number of aliphatic hydroxyl groups is 1. The van der Waals surface area contributed by atoms with Gasteiger partial charge in [0.25, 0.3) is 0 Å². The van der Waals surface area contributed by atoms with Crippen molar-refractivity contribution in [2.24, 2.45) is 11.3 Å². The molecule has 82 valence electrons. The summed E-state index contributed by atoms with van der Waals surface area (Å²) >= 11 is 0. The fourth-order valence-corrected chi connectivity index (χ4v) is 1.82. The van der Waals surface area contributed by atoms with Crippen LogP contribution in [0.1, 0.15) is 34.1 Å². The molecule has 1 saturated carbocycles. The summed E-state index contributed by atoms with van der Waals surface area (Å²) in [5, 5.41) is 8.87. The Bertz CT molecular complexity index is 223. The van der Waals surface area contributed by atoms with Gasteiger partial charge in [-0.15, -0.1) is 0 Å². The van der Waals surface area contributed by atoms with Crippen LogP contribution in [0.5, 0.6) is 0 Å². The highest BCUT2D eigenvalue weighted by molar-refractivity contribution is 5.82. The molecule has 0 aromatic heterocycles. The summed E-state index contributed by atoms with van der Waals surface area (Å²) in [5.41, 5.74) is 0.180. The average Bonchev–Trinajstić information content (AvgIpc) is 2.69. The zero-order chi connectivity index (χ0) is 10.9. The van der Waals surface area contributed by atoms with E-state index in [0.29, 0.717) is 6.54 Å². The van der Waals surface area contributed by atoms with Gasteiger partial charge in [-0.3, -0.25) is 4.79 Å². The van der Waals surface area contributed by atoms with E-state index in [-0.39, 0.29) is 29.9 Å². The molecular formula is C11H21NO2. The van der Waals surface area contributed by atoms with Crippen LogP contribution in [0.3, 0.4) is 0 Å². The molecule has 1 amide bonds. The summed E-state index contributed by atoms with van der Waals surface area (Å²) in [5.74, 6) is 0.385. The molecule has 0 heterocycles. The van der Waals surface area contributed by atoms with Crippen molar-refractivity contribution in [1.29, 1.82) is 0 Å². The second kappa shape index (κ2) is 3.89. The zero-order valence-corrected chi connectivity index (χ0v) is 9.58. The molecule has 1 aliphatic rings. The molecule has 1 unspecified atom stereocenters. The number of amides is 1. The fourth-order valence-electron chi connectivity index (χ4n) is 1.82. The maximum absolute atomic E-state index is 12.0. The molecule has 1 atom stereocenters. The van der Waals surface area contributed by atoms with Crippen molar-refractivity contribution in [2.45, 2.75) is 40.2 Å². The highest BCUT2D eigenvalue weighted by Crippen LogP contribution is 2.52. The number of rotatable bonds is 4. The Morgan fingerprint density at radius 1 is 1.57 bits per heavy atom. The number of hydrogen-bond acceptors (Lipinski definition) is 2. The summed E-state index contributed by atoms with van der Waals surface area (Å²) in [6, 6.07) is 0.186. The molecule has 1 aliphatic carbocycles. The van der Waals surface area contributed by atoms with E-state index in [2.05, 4.69) is 13.8 Å². The molecule has 0 aromatic carbocycles. The Hall–Kier alpha value is -0.570. The summed E-state index contributed by atoms with van der Waals surface area (Å²) in [4.78, 5) is 13.7. The van der Waals surface area contributed by atoms with Crippen LogP contribution >= 0.6 is 0 Å². The molecule has 0 spiro atoms. The van der Waals surface area contributed by atoms with Crippen LogP contribution in [0.2, 0.25) is 0 Å². The topological polar surface area (TPSA) is 40.5 Å². The molecule has 14 heavy (non-hydrogen) atoms. The normalized spacial score (nSPS) is 23.7. The molecule has 1 rings (SSSR count). The van der Waals surface area contributed by atoms with E-state index in [1.54, 1.807) is 4.90 Å². The van der Waals surface area contributed by atoms with E-state index in [0.717, 1.165) is 6.42 Å².